The maximum Gasteiger partial charge on any atom is 0.137 e. The molecule has 3 heteroatoms. The maximum atomic E-state index is 5.72. The molecule has 3 nitrogen and oxygen atoms in total. The second-order valence-electron chi connectivity index (χ2n) is 4.15. The van der Waals surface area contributed by atoms with Crippen molar-refractivity contribution in [2.45, 2.75) is 33.2 Å². The summed E-state index contributed by atoms with van der Waals surface area (Å²) in [5.41, 5.74) is 10.2. The van der Waals surface area contributed by atoms with Crippen molar-refractivity contribution in [2.75, 3.05) is 0 Å². The predicted octanol–water partition coefficient (Wildman–Crippen LogP) is 2.22. The Morgan fingerprint density at radius 3 is 2.73 bits per heavy atom. The van der Waals surface area contributed by atoms with Crippen molar-refractivity contribution in [2.24, 2.45) is 5.73 Å². The van der Waals surface area contributed by atoms with E-state index in [-0.39, 0.29) is 0 Å². The van der Waals surface area contributed by atoms with Gasteiger partial charge in [0.1, 0.15) is 5.65 Å². The molecule has 0 aliphatic carbocycles. The molecular weight excluding hydrogens is 186 g/mol. The molecule has 0 fully saturated rings. The highest BCUT2D eigenvalue weighted by Crippen LogP contribution is 2.21. The standard InChI is InChI=1S/C12H17N3/c1-8(2)12-9(3)15-10(7-13)5-4-6-11(15)14-12/h4-6,8H,7,13H2,1-3H3. The van der Waals surface area contributed by atoms with Crippen LogP contribution in [0.25, 0.3) is 5.65 Å². The van der Waals surface area contributed by atoms with Crippen LogP contribution < -0.4 is 5.73 Å². The predicted molar refractivity (Wildman–Crippen MR) is 61.9 cm³/mol. The van der Waals surface area contributed by atoms with Gasteiger partial charge in [-0.25, -0.2) is 4.98 Å². The minimum absolute atomic E-state index is 0.454. The molecule has 80 valence electrons. The maximum absolute atomic E-state index is 5.72. The van der Waals surface area contributed by atoms with Gasteiger partial charge in [0.25, 0.3) is 0 Å². The fourth-order valence-corrected chi connectivity index (χ4v) is 2.04. The van der Waals surface area contributed by atoms with E-state index in [0.717, 1.165) is 17.0 Å². The van der Waals surface area contributed by atoms with Crippen LogP contribution in [-0.2, 0) is 6.54 Å². The molecule has 0 saturated carbocycles. The third-order valence-electron chi connectivity index (χ3n) is 2.75. The number of rotatable bonds is 2. The fourth-order valence-electron chi connectivity index (χ4n) is 2.04. The van der Waals surface area contributed by atoms with Gasteiger partial charge < -0.3 is 5.73 Å². The normalized spacial score (nSPS) is 11.5. The van der Waals surface area contributed by atoms with E-state index in [1.165, 1.54) is 5.69 Å². The van der Waals surface area contributed by atoms with E-state index >= 15 is 0 Å². The van der Waals surface area contributed by atoms with Gasteiger partial charge in [-0.1, -0.05) is 19.9 Å². The summed E-state index contributed by atoms with van der Waals surface area (Å²) >= 11 is 0. The Hall–Kier alpha value is -1.35. The first-order valence-corrected chi connectivity index (χ1v) is 5.32. The highest BCUT2D eigenvalue weighted by molar-refractivity contribution is 5.45. The Bertz CT molecular complexity index is 483. The third-order valence-corrected chi connectivity index (χ3v) is 2.75. The smallest absolute Gasteiger partial charge is 0.137 e. The van der Waals surface area contributed by atoms with Crippen molar-refractivity contribution in [1.82, 2.24) is 9.38 Å². The van der Waals surface area contributed by atoms with Crippen molar-refractivity contribution < 1.29 is 0 Å². The molecule has 15 heavy (non-hydrogen) atoms. The Morgan fingerprint density at radius 1 is 1.40 bits per heavy atom. The van der Waals surface area contributed by atoms with Crippen LogP contribution in [0, 0.1) is 6.92 Å². The highest BCUT2D eigenvalue weighted by Gasteiger charge is 2.12. The summed E-state index contributed by atoms with van der Waals surface area (Å²) in [7, 11) is 0. The molecule has 0 aliphatic heterocycles. The summed E-state index contributed by atoms with van der Waals surface area (Å²) in [5.74, 6) is 0.454. The van der Waals surface area contributed by atoms with Crippen LogP contribution >= 0.6 is 0 Å². The number of hydrogen-bond acceptors (Lipinski definition) is 2. The second-order valence-corrected chi connectivity index (χ2v) is 4.15. The first-order chi connectivity index (χ1) is 7.15. The largest absolute Gasteiger partial charge is 0.325 e. The molecule has 0 saturated heterocycles. The topological polar surface area (TPSA) is 43.3 Å². The van der Waals surface area contributed by atoms with Gasteiger partial charge in [-0.15, -0.1) is 0 Å². The molecule has 0 bridgehead atoms. The van der Waals surface area contributed by atoms with E-state index in [1.54, 1.807) is 0 Å². The van der Waals surface area contributed by atoms with Crippen LogP contribution in [0.2, 0.25) is 0 Å². The summed E-state index contributed by atoms with van der Waals surface area (Å²) in [6.07, 6.45) is 0. The lowest BCUT2D eigenvalue weighted by Gasteiger charge is -2.05. The van der Waals surface area contributed by atoms with Crippen molar-refractivity contribution >= 4 is 5.65 Å². The van der Waals surface area contributed by atoms with Gasteiger partial charge in [-0.05, 0) is 25.0 Å². The van der Waals surface area contributed by atoms with Gasteiger partial charge in [0.15, 0.2) is 0 Å². The van der Waals surface area contributed by atoms with E-state index in [9.17, 15) is 0 Å². The van der Waals surface area contributed by atoms with E-state index in [2.05, 4.69) is 30.2 Å². The average Bonchev–Trinajstić information content (AvgIpc) is 2.56. The summed E-state index contributed by atoms with van der Waals surface area (Å²) in [6, 6.07) is 6.08. The van der Waals surface area contributed by atoms with Crippen molar-refractivity contribution in [1.29, 1.82) is 0 Å². The van der Waals surface area contributed by atoms with Crippen LogP contribution in [0.1, 0.15) is 36.8 Å². The van der Waals surface area contributed by atoms with Gasteiger partial charge >= 0.3 is 0 Å². The Balaban J connectivity index is 2.77. The molecule has 0 radical (unpaired) electrons. The van der Waals surface area contributed by atoms with Gasteiger partial charge in [0.05, 0.1) is 5.69 Å². The Labute approximate surface area is 89.9 Å². The molecule has 2 aromatic rings. The first kappa shape index (κ1) is 10.2. The average molecular weight is 203 g/mol. The van der Waals surface area contributed by atoms with E-state index in [1.807, 2.05) is 18.2 Å². The number of pyridine rings is 1. The molecule has 0 unspecified atom stereocenters. The first-order valence-electron chi connectivity index (χ1n) is 5.32. The molecule has 0 atom stereocenters. The van der Waals surface area contributed by atoms with Crippen molar-refractivity contribution in [3.05, 3.63) is 35.3 Å². The zero-order valence-electron chi connectivity index (χ0n) is 9.49. The molecule has 0 spiro atoms. The number of fused-ring (bicyclic) bond motifs is 1. The number of imidazole rings is 1. The Kier molecular flexibility index (Phi) is 2.49. The van der Waals surface area contributed by atoms with Crippen LogP contribution in [-0.4, -0.2) is 9.38 Å². The summed E-state index contributed by atoms with van der Waals surface area (Å²) in [5, 5.41) is 0. The molecular formula is C12H17N3. The van der Waals surface area contributed by atoms with Crippen LogP contribution in [0.15, 0.2) is 18.2 Å². The zero-order valence-corrected chi connectivity index (χ0v) is 9.49. The SMILES string of the molecule is Cc1c(C(C)C)nc2cccc(CN)n12. The quantitative estimate of drug-likeness (QED) is 0.813. The molecule has 2 aromatic heterocycles. The lowest BCUT2D eigenvalue weighted by Crippen LogP contribution is -2.04. The van der Waals surface area contributed by atoms with E-state index in [0.29, 0.717) is 12.5 Å². The fraction of sp³-hybridized carbons (Fsp3) is 0.417. The van der Waals surface area contributed by atoms with E-state index < -0.39 is 0 Å². The van der Waals surface area contributed by atoms with Gasteiger partial charge in [-0.2, -0.15) is 0 Å². The van der Waals surface area contributed by atoms with Gasteiger partial charge in [-0.3, -0.25) is 4.40 Å². The lowest BCUT2D eigenvalue weighted by atomic mass is 10.1. The molecule has 0 aliphatic rings. The van der Waals surface area contributed by atoms with E-state index in [4.69, 9.17) is 5.73 Å². The zero-order chi connectivity index (χ0) is 11.0. The van der Waals surface area contributed by atoms with Gasteiger partial charge in [0, 0.05) is 17.9 Å². The van der Waals surface area contributed by atoms with Crippen molar-refractivity contribution in [3.8, 4) is 0 Å². The molecule has 2 rings (SSSR count). The number of hydrogen-bond donors (Lipinski definition) is 1. The molecule has 2 heterocycles. The Morgan fingerprint density at radius 2 is 2.13 bits per heavy atom. The summed E-state index contributed by atoms with van der Waals surface area (Å²) in [4.78, 5) is 4.63. The monoisotopic (exact) mass is 203 g/mol. The molecule has 0 amide bonds. The third kappa shape index (κ3) is 1.53. The van der Waals surface area contributed by atoms with Crippen LogP contribution in [0.3, 0.4) is 0 Å². The minimum Gasteiger partial charge on any atom is -0.325 e. The van der Waals surface area contributed by atoms with Crippen LogP contribution in [0.4, 0.5) is 0 Å². The summed E-state index contributed by atoms with van der Waals surface area (Å²) < 4.78 is 2.15. The number of nitrogens with zero attached hydrogens (tertiary/aromatic N) is 2. The molecule has 2 N–H and O–H groups in total. The number of aromatic nitrogens is 2. The highest BCUT2D eigenvalue weighted by atomic mass is 15.0. The second kappa shape index (κ2) is 3.66. The summed E-state index contributed by atoms with van der Waals surface area (Å²) in [6.45, 7) is 6.98. The van der Waals surface area contributed by atoms with Crippen molar-refractivity contribution in [3.63, 3.8) is 0 Å². The van der Waals surface area contributed by atoms with Crippen LogP contribution in [0.5, 0.6) is 0 Å². The van der Waals surface area contributed by atoms with Gasteiger partial charge in [0.2, 0.25) is 0 Å². The number of aryl methyl sites for hydroxylation is 1. The molecule has 0 aromatic carbocycles. The number of nitrogens with two attached hydrogens (primary N) is 1. The minimum atomic E-state index is 0.454. The lowest BCUT2D eigenvalue weighted by molar-refractivity contribution is 0.816.